The van der Waals surface area contributed by atoms with Crippen molar-refractivity contribution in [2.75, 3.05) is 0 Å². The van der Waals surface area contributed by atoms with E-state index in [2.05, 4.69) is 5.32 Å². The molecule has 1 amide bonds. The third kappa shape index (κ3) is 2.70. The fourth-order valence-corrected chi connectivity index (χ4v) is 1.63. The Bertz CT molecular complexity index is 596. The van der Waals surface area contributed by atoms with Gasteiger partial charge in [0.15, 0.2) is 0 Å². The van der Waals surface area contributed by atoms with Gasteiger partial charge < -0.3 is 9.73 Å². The van der Waals surface area contributed by atoms with Crippen molar-refractivity contribution >= 4 is 17.5 Å². The molecule has 0 saturated carbocycles. The van der Waals surface area contributed by atoms with Gasteiger partial charge in [-0.1, -0.05) is 12.1 Å². The third-order valence-corrected chi connectivity index (χ3v) is 2.69. The van der Waals surface area contributed by atoms with Gasteiger partial charge in [-0.3, -0.25) is 4.79 Å². The van der Waals surface area contributed by atoms with Gasteiger partial charge in [-0.05, 0) is 35.4 Å². The predicted octanol–water partition coefficient (Wildman–Crippen LogP) is 2.73. The topological polar surface area (TPSA) is 66.0 Å². The predicted molar refractivity (Wildman–Crippen MR) is 66.0 cm³/mol. The first-order valence-corrected chi connectivity index (χ1v) is 5.58. The minimum absolute atomic E-state index is 0.0762. The number of rotatable bonds is 3. The average molecular weight is 261 g/mol. The van der Waals surface area contributed by atoms with E-state index >= 15 is 0 Å². The van der Waals surface area contributed by atoms with E-state index in [1.54, 1.807) is 24.3 Å². The summed E-state index contributed by atoms with van der Waals surface area (Å²) in [5.74, 6) is -0.293. The van der Waals surface area contributed by atoms with Crippen molar-refractivity contribution in [3.8, 4) is 6.07 Å². The van der Waals surface area contributed by atoms with Crippen LogP contribution in [0.25, 0.3) is 0 Å². The number of nitriles is 1. The highest BCUT2D eigenvalue weighted by molar-refractivity contribution is 6.32. The Morgan fingerprint density at radius 2 is 2.06 bits per heavy atom. The van der Waals surface area contributed by atoms with Gasteiger partial charge >= 0.3 is 0 Å². The molecule has 1 heterocycles. The highest BCUT2D eigenvalue weighted by Gasteiger charge is 2.12. The largest absolute Gasteiger partial charge is 0.452 e. The summed E-state index contributed by atoms with van der Waals surface area (Å²) in [5, 5.41) is 11.4. The van der Waals surface area contributed by atoms with Crippen LogP contribution >= 0.6 is 11.6 Å². The van der Waals surface area contributed by atoms with E-state index < -0.39 is 0 Å². The molecule has 0 unspecified atom stereocenters. The zero-order valence-electron chi connectivity index (χ0n) is 9.31. The highest BCUT2D eigenvalue weighted by Crippen LogP contribution is 2.16. The second-order valence-corrected chi connectivity index (χ2v) is 3.94. The number of furan rings is 1. The van der Waals surface area contributed by atoms with Crippen molar-refractivity contribution in [3.05, 3.63) is 58.5 Å². The van der Waals surface area contributed by atoms with E-state index in [4.69, 9.17) is 21.3 Å². The van der Waals surface area contributed by atoms with Crippen LogP contribution in [0.4, 0.5) is 0 Å². The summed E-state index contributed by atoms with van der Waals surface area (Å²) in [6, 6.07) is 10.5. The maximum Gasteiger partial charge on any atom is 0.256 e. The Kier molecular flexibility index (Phi) is 3.66. The van der Waals surface area contributed by atoms with E-state index in [-0.39, 0.29) is 11.1 Å². The summed E-state index contributed by atoms with van der Waals surface area (Å²) in [6.45, 7) is 0.367. The lowest BCUT2D eigenvalue weighted by molar-refractivity contribution is 0.0950. The lowest BCUT2D eigenvalue weighted by atomic mass is 10.1. The molecule has 0 fully saturated rings. The molecule has 0 radical (unpaired) electrons. The fourth-order valence-electron chi connectivity index (χ4n) is 1.43. The lowest BCUT2D eigenvalue weighted by Gasteiger charge is -2.04. The summed E-state index contributed by atoms with van der Waals surface area (Å²) in [6.07, 6.45) is 1.36. The molecule has 0 aliphatic heterocycles. The second kappa shape index (κ2) is 5.39. The van der Waals surface area contributed by atoms with Crippen LogP contribution in [0.2, 0.25) is 5.22 Å². The zero-order chi connectivity index (χ0) is 13.0. The quantitative estimate of drug-likeness (QED) is 0.923. The molecule has 18 heavy (non-hydrogen) atoms. The van der Waals surface area contributed by atoms with Gasteiger partial charge in [-0.25, -0.2) is 0 Å². The molecule has 0 atom stereocenters. The molecule has 2 rings (SSSR count). The first kappa shape index (κ1) is 12.2. The van der Waals surface area contributed by atoms with E-state index in [0.29, 0.717) is 17.7 Å². The molecule has 5 heteroatoms. The Hall–Kier alpha value is -2.25. The Morgan fingerprint density at radius 1 is 1.33 bits per heavy atom. The SMILES string of the molecule is N#Cc1ccc(CNC(=O)c2ccoc2Cl)cc1. The minimum Gasteiger partial charge on any atom is -0.452 e. The standard InChI is InChI=1S/C13H9ClN2O2/c14-12-11(5-6-18-12)13(17)16-8-10-3-1-9(7-15)2-4-10/h1-6H,8H2,(H,16,17). The van der Waals surface area contributed by atoms with Crippen LogP contribution in [0, 0.1) is 11.3 Å². The molecule has 2 aromatic rings. The summed E-state index contributed by atoms with van der Waals surface area (Å²) < 4.78 is 4.84. The van der Waals surface area contributed by atoms with E-state index in [0.717, 1.165) is 5.56 Å². The van der Waals surface area contributed by atoms with Crippen LogP contribution in [0.5, 0.6) is 0 Å². The van der Waals surface area contributed by atoms with Gasteiger partial charge in [-0.2, -0.15) is 5.26 Å². The summed E-state index contributed by atoms with van der Waals surface area (Å²) in [5.41, 5.74) is 1.80. The van der Waals surface area contributed by atoms with Gasteiger partial charge in [0.05, 0.1) is 23.5 Å². The number of nitrogens with one attached hydrogen (secondary N) is 1. The summed E-state index contributed by atoms with van der Waals surface area (Å²) >= 11 is 5.69. The monoisotopic (exact) mass is 260 g/mol. The summed E-state index contributed by atoms with van der Waals surface area (Å²) in [4.78, 5) is 11.7. The van der Waals surface area contributed by atoms with Gasteiger partial charge in [0, 0.05) is 6.54 Å². The maximum atomic E-state index is 11.7. The number of carbonyl (C=O) groups is 1. The number of hydrogen-bond donors (Lipinski definition) is 1. The molecule has 4 nitrogen and oxygen atoms in total. The normalized spacial score (nSPS) is 9.78. The van der Waals surface area contributed by atoms with E-state index in [9.17, 15) is 4.79 Å². The molecule has 0 aliphatic rings. The molecular weight excluding hydrogens is 252 g/mol. The first-order chi connectivity index (χ1) is 8.70. The number of benzene rings is 1. The van der Waals surface area contributed by atoms with Crippen LogP contribution < -0.4 is 5.32 Å². The Labute approximate surface area is 109 Å². The number of halogens is 1. The molecule has 90 valence electrons. The molecular formula is C13H9ClN2O2. The van der Waals surface area contributed by atoms with Gasteiger partial charge in [0.1, 0.15) is 0 Å². The van der Waals surface area contributed by atoms with E-state index in [1.807, 2.05) is 6.07 Å². The molecule has 1 N–H and O–H groups in total. The van der Waals surface area contributed by atoms with Crippen LogP contribution in [-0.2, 0) is 6.54 Å². The Balaban J connectivity index is 1.97. The third-order valence-electron chi connectivity index (χ3n) is 2.40. The van der Waals surface area contributed by atoms with Gasteiger partial charge in [0.2, 0.25) is 5.22 Å². The van der Waals surface area contributed by atoms with Crippen molar-refractivity contribution in [3.63, 3.8) is 0 Å². The van der Waals surface area contributed by atoms with Crippen molar-refractivity contribution in [1.82, 2.24) is 5.32 Å². The van der Waals surface area contributed by atoms with Crippen LogP contribution in [0.3, 0.4) is 0 Å². The molecule has 0 bridgehead atoms. The van der Waals surface area contributed by atoms with Crippen LogP contribution in [-0.4, -0.2) is 5.91 Å². The molecule has 0 spiro atoms. The van der Waals surface area contributed by atoms with Crippen molar-refractivity contribution in [1.29, 1.82) is 5.26 Å². The van der Waals surface area contributed by atoms with Gasteiger partial charge in [0.25, 0.3) is 5.91 Å². The van der Waals surface area contributed by atoms with Gasteiger partial charge in [-0.15, -0.1) is 0 Å². The number of amides is 1. The summed E-state index contributed by atoms with van der Waals surface area (Å²) in [7, 11) is 0. The van der Waals surface area contributed by atoms with Crippen molar-refractivity contribution in [2.45, 2.75) is 6.54 Å². The maximum absolute atomic E-state index is 11.7. The number of nitrogens with zero attached hydrogens (tertiary/aromatic N) is 1. The van der Waals surface area contributed by atoms with Crippen LogP contribution in [0.1, 0.15) is 21.5 Å². The second-order valence-electron chi connectivity index (χ2n) is 3.60. The zero-order valence-corrected chi connectivity index (χ0v) is 10.1. The minimum atomic E-state index is -0.293. The van der Waals surface area contributed by atoms with Crippen molar-refractivity contribution < 1.29 is 9.21 Å². The van der Waals surface area contributed by atoms with Crippen LogP contribution in [0.15, 0.2) is 41.0 Å². The van der Waals surface area contributed by atoms with Crippen molar-refractivity contribution in [2.24, 2.45) is 0 Å². The first-order valence-electron chi connectivity index (χ1n) is 5.21. The number of carbonyl (C=O) groups excluding carboxylic acids is 1. The average Bonchev–Trinajstić information content (AvgIpc) is 2.83. The molecule has 1 aromatic heterocycles. The smallest absolute Gasteiger partial charge is 0.256 e. The fraction of sp³-hybridized carbons (Fsp3) is 0.0769. The van der Waals surface area contributed by atoms with E-state index in [1.165, 1.54) is 12.3 Å². The highest BCUT2D eigenvalue weighted by atomic mass is 35.5. The Morgan fingerprint density at radius 3 is 2.61 bits per heavy atom. The molecule has 0 saturated heterocycles. The molecule has 1 aromatic carbocycles. The number of hydrogen-bond acceptors (Lipinski definition) is 3. The lowest BCUT2D eigenvalue weighted by Crippen LogP contribution is -2.22. The molecule has 0 aliphatic carbocycles.